The highest BCUT2D eigenvalue weighted by Gasteiger charge is 2.32. The van der Waals surface area contributed by atoms with Crippen molar-refractivity contribution in [2.45, 2.75) is 57.2 Å². The van der Waals surface area contributed by atoms with Gasteiger partial charge in [-0.05, 0) is 44.7 Å². The van der Waals surface area contributed by atoms with E-state index in [0.717, 1.165) is 12.8 Å². The molecule has 3 rings (SSSR count). The van der Waals surface area contributed by atoms with E-state index < -0.39 is 0 Å². The van der Waals surface area contributed by atoms with Gasteiger partial charge >= 0.3 is 0 Å². The highest BCUT2D eigenvalue weighted by atomic mass is 19.1. The molecule has 0 aromatic heterocycles. The maximum Gasteiger partial charge on any atom is 0.129 e. The zero-order valence-corrected chi connectivity index (χ0v) is 10.8. The molecule has 3 heteroatoms. The topological polar surface area (TPSA) is 21.3 Å². The number of rotatable bonds is 2. The van der Waals surface area contributed by atoms with Crippen LogP contribution in [0.25, 0.3) is 0 Å². The maximum absolute atomic E-state index is 13.5. The fraction of sp³-hybridized carbons (Fsp3) is 0.600. The first-order valence-electron chi connectivity index (χ1n) is 6.90. The molecule has 0 radical (unpaired) electrons. The van der Waals surface area contributed by atoms with Gasteiger partial charge in [-0.15, -0.1) is 0 Å². The Hall–Kier alpha value is -1.09. The second-order valence-corrected chi connectivity index (χ2v) is 5.57. The molecule has 98 valence electrons. The molecule has 2 fully saturated rings. The molecule has 0 amide bonds. The van der Waals surface area contributed by atoms with E-state index in [4.69, 9.17) is 4.74 Å². The standard InChI is InChI=1S/C15H20FNO/c1-10-14(16)6-3-7-15(10)18-13-8-11-4-2-5-12(9-13)17-11/h3,6-7,11-13,17H,2,4-5,8-9H2,1H3/t11-,12+,13?. The summed E-state index contributed by atoms with van der Waals surface area (Å²) < 4.78 is 19.5. The number of piperidine rings is 2. The monoisotopic (exact) mass is 249 g/mol. The van der Waals surface area contributed by atoms with Gasteiger partial charge in [0.25, 0.3) is 0 Å². The van der Waals surface area contributed by atoms with Gasteiger partial charge in [0, 0.05) is 17.6 Å². The fourth-order valence-electron chi connectivity index (χ4n) is 3.20. The lowest BCUT2D eigenvalue weighted by Crippen LogP contribution is -2.51. The Bertz CT molecular complexity index is 423. The molecule has 1 aromatic carbocycles. The third kappa shape index (κ3) is 2.37. The van der Waals surface area contributed by atoms with E-state index >= 15 is 0 Å². The zero-order chi connectivity index (χ0) is 12.5. The van der Waals surface area contributed by atoms with E-state index in [2.05, 4.69) is 5.32 Å². The molecule has 0 saturated carbocycles. The first kappa shape index (κ1) is 12.0. The SMILES string of the molecule is Cc1c(F)cccc1OC1C[C@H]2CCC[C@@H](C1)N2. The average Bonchev–Trinajstić information content (AvgIpc) is 2.35. The van der Waals surface area contributed by atoms with Crippen molar-refractivity contribution in [2.24, 2.45) is 0 Å². The quantitative estimate of drug-likeness (QED) is 0.869. The number of ether oxygens (including phenoxy) is 1. The Morgan fingerprint density at radius 1 is 1.22 bits per heavy atom. The smallest absolute Gasteiger partial charge is 0.129 e. The summed E-state index contributed by atoms with van der Waals surface area (Å²) in [4.78, 5) is 0. The lowest BCUT2D eigenvalue weighted by molar-refractivity contribution is 0.0918. The van der Waals surface area contributed by atoms with Crippen LogP contribution in [0.15, 0.2) is 18.2 Å². The first-order chi connectivity index (χ1) is 8.72. The van der Waals surface area contributed by atoms with Gasteiger partial charge < -0.3 is 10.1 Å². The lowest BCUT2D eigenvalue weighted by Gasteiger charge is -2.40. The molecule has 2 heterocycles. The molecule has 2 aliphatic rings. The van der Waals surface area contributed by atoms with E-state index in [0.29, 0.717) is 23.4 Å². The molecule has 2 aliphatic heterocycles. The predicted octanol–water partition coefficient (Wildman–Crippen LogP) is 3.19. The van der Waals surface area contributed by atoms with Gasteiger partial charge in [0.15, 0.2) is 0 Å². The van der Waals surface area contributed by atoms with Crippen molar-refractivity contribution >= 4 is 0 Å². The normalized spacial score (nSPS) is 31.1. The highest BCUT2D eigenvalue weighted by molar-refractivity contribution is 5.33. The molecular formula is C15H20FNO. The molecule has 1 N–H and O–H groups in total. The van der Waals surface area contributed by atoms with Gasteiger partial charge in [-0.3, -0.25) is 0 Å². The molecule has 2 nitrogen and oxygen atoms in total. The average molecular weight is 249 g/mol. The molecule has 2 saturated heterocycles. The van der Waals surface area contributed by atoms with E-state index in [1.165, 1.54) is 25.3 Å². The lowest BCUT2D eigenvalue weighted by atomic mass is 9.85. The minimum atomic E-state index is -0.179. The Kier molecular flexibility index (Phi) is 3.25. The summed E-state index contributed by atoms with van der Waals surface area (Å²) in [6.07, 6.45) is 6.16. The van der Waals surface area contributed by atoms with Gasteiger partial charge in [0.05, 0.1) is 0 Å². The van der Waals surface area contributed by atoms with E-state index in [1.54, 1.807) is 13.0 Å². The van der Waals surface area contributed by atoms with Crippen LogP contribution in [0.4, 0.5) is 4.39 Å². The number of halogens is 1. The van der Waals surface area contributed by atoms with Crippen molar-refractivity contribution in [3.8, 4) is 5.75 Å². The largest absolute Gasteiger partial charge is 0.490 e. The van der Waals surface area contributed by atoms with Crippen molar-refractivity contribution in [2.75, 3.05) is 0 Å². The Labute approximate surface area is 108 Å². The summed E-state index contributed by atoms with van der Waals surface area (Å²) in [6.45, 7) is 1.78. The van der Waals surface area contributed by atoms with Crippen molar-refractivity contribution in [1.82, 2.24) is 5.32 Å². The molecule has 0 spiro atoms. The van der Waals surface area contributed by atoms with E-state index in [-0.39, 0.29) is 11.9 Å². The minimum Gasteiger partial charge on any atom is -0.490 e. The van der Waals surface area contributed by atoms with Crippen LogP contribution in [-0.4, -0.2) is 18.2 Å². The predicted molar refractivity (Wildman–Crippen MR) is 69.3 cm³/mol. The van der Waals surface area contributed by atoms with Crippen molar-refractivity contribution in [3.05, 3.63) is 29.6 Å². The van der Waals surface area contributed by atoms with Gasteiger partial charge in [-0.1, -0.05) is 12.5 Å². The van der Waals surface area contributed by atoms with Gasteiger partial charge in [0.2, 0.25) is 0 Å². The molecule has 2 bridgehead atoms. The maximum atomic E-state index is 13.5. The summed E-state index contributed by atoms with van der Waals surface area (Å²) in [5.41, 5.74) is 0.626. The third-order valence-electron chi connectivity index (χ3n) is 4.18. The van der Waals surface area contributed by atoms with E-state index in [9.17, 15) is 4.39 Å². The molecule has 1 aromatic rings. The van der Waals surface area contributed by atoms with Crippen molar-refractivity contribution < 1.29 is 9.13 Å². The van der Waals surface area contributed by atoms with Gasteiger partial charge in [0.1, 0.15) is 17.7 Å². The molecule has 3 atom stereocenters. The van der Waals surface area contributed by atoms with Crippen molar-refractivity contribution in [1.29, 1.82) is 0 Å². The Morgan fingerprint density at radius 2 is 1.94 bits per heavy atom. The van der Waals surface area contributed by atoms with Crippen LogP contribution < -0.4 is 10.1 Å². The van der Waals surface area contributed by atoms with Crippen LogP contribution in [-0.2, 0) is 0 Å². The zero-order valence-electron chi connectivity index (χ0n) is 10.8. The van der Waals surface area contributed by atoms with Crippen LogP contribution in [0.1, 0.15) is 37.7 Å². The number of benzene rings is 1. The number of hydrogen-bond acceptors (Lipinski definition) is 2. The summed E-state index contributed by atoms with van der Waals surface area (Å²) >= 11 is 0. The van der Waals surface area contributed by atoms with Crippen LogP contribution >= 0.6 is 0 Å². The first-order valence-corrected chi connectivity index (χ1v) is 6.90. The number of fused-ring (bicyclic) bond motifs is 2. The molecule has 1 unspecified atom stereocenters. The summed E-state index contributed by atoms with van der Waals surface area (Å²) in [6, 6.07) is 6.27. The summed E-state index contributed by atoms with van der Waals surface area (Å²) in [5.74, 6) is 0.529. The Balaban J connectivity index is 1.71. The molecular weight excluding hydrogens is 229 g/mol. The van der Waals surface area contributed by atoms with E-state index in [1.807, 2.05) is 6.07 Å². The number of nitrogens with one attached hydrogen (secondary N) is 1. The Morgan fingerprint density at radius 3 is 2.67 bits per heavy atom. The third-order valence-corrected chi connectivity index (χ3v) is 4.18. The van der Waals surface area contributed by atoms with Crippen LogP contribution in [0, 0.1) is 12.7 Å². The second-order valence-electron chi connectivity index (χ2n) is 5.57. The molecule has 18 heavy (non-hydrogen) atoms. The fourth-order valence-corrected chi connectivity index (χ4v) is 3.20. The van der Waals surface area contributed by atoms with Gasteiger partial charge in [-0.2, -0.15) is 0 Å². The number of hydrogen-bond donors (Lipinski definition) is 1. The highest BCUT2D eigenvalue weighted by Crippen LogP contribution is 2.30. The van der Waals surface area contributed by atoms with Crippen molar-refractivity contribution in [3.63, 3.8) is 0 Å². The summed E-state index contributed by atoms with van der Waals surface area (Å²) in [7, 11) is 0. The second kappa shape index (κ2) is 4.88. The summed E-state index contributed by atoms with van der Waals surface area (Å²) in [5, 5.41) is 3.64. The van der Waals surface area contributed by atoms with Crippen LogP contribution in [0.3, 0.4) is 0 Å². The minimum absolute atomic E-state index is 0.179. The van der Waals surface area contributed by atoms with Gasteiger partial charge in [-0.25, -0.2) is 4.39 Å². The molecule has 0 aliphatic carbocycles. The van der Waals surface area contributed by atoms with Crippen LogP contribution in [0.5, 0.6) is 5.75 Å². The van der Waals surface area contributed by atoms with Crippen LogP contribution in [0.2, 0.25) is 0 Å².